The second-order valence-electron chi connectivity index (χ2n) is 6.44. The van der Waals surface area contributed by atoms with Gasteiger partial charge < -0.3 is 16.4 Å². The molecule has 1 unspecified atom stereocenters. The van der Waals surface area contributed by atoms with Gasteiger partial charge in [-0.1, -0.05) is 30.3 Å². The number of hydrogen-bond donors (Lipinski definition) is 3. The zero-order chi connectivity index (χ0) is 18.1. The number of amides is 3. The van der Waals surface area contributed by atoms with Crippen molar-refractivity contribution < 1.29 is 9.59 Å². The first-order valence-corrected chi connectivity index (χ1v) is 9.42. The molecule has 3 aromatic rings. The van der Waals surface area contributed by atoms with Gasteiger partial charge in [0.1, 0.15) is 0 Å². The van der Waals surface area contributed by atoms with Gasteiger partial charge >= 0.3 is 6.03 Å². The van der Waals surface area contributed by atoms with E-state index in [1.54, 1.807) is 0 Å². The van der Waals surface area contributed by atoms with Crippen LogP contribution in [0.15, 0.2) is 47.8 Å². The molecule has 1 atom stereocenters. The third-order valence-electron chi connectivity index (χ3n) is 4.74. The number of nitrogens with one attached hydrogen (secondary N) is 2. The van der Waals surface area contributed by atoms with Crippen molar-refractivity contribution in [3.63, 3.8) is 0 Å². The maximum absolute atomic E-state index is 12.6. The number of nitrogens with two attached hydrogens (primary N) is 1. The average molecular weight is 365 g/mol. The molecule has 4 N–H and O–H groups in total. The van der Waals surface area contributed by atoms with E-state index in [4.69, 9.17) is 5.73 Å². The Kier molecular flexibility index (Phi) is 4.34. The molecule has 26 heavy (non-hydrogen) atoms. The molecular weight excluding hydrogens is 346 g/mol. The van der Waals surface area contributed by atoms with Crippen molar-refractivity contribution in [3.8, 4) is 0 Å². The smallest absolute Gasteiger partial charge is 0.312 e. The van der Waals surface area contributed by atoms with Crippen LogP contribution in [0.4, 0.5) is 10.5 Å². The van der Waals surface area contributed by atoms with Crippen molar-refractivity contribution in [3.05, 3.63) is 63.8 Å². The Hall–Kier alpha value is -2.86. The lowest BCUT2D eigenvalue weighted by molar-refractivity contribution is -0.116. The predicted molar refractivity (Wildman–Crippen MR) is 104 cm³/mol. The van der Waals surface area contributed by atoms with Gasteiger partial charge in [0, 0.05) is 16.0 Å². The van der Waals surface area contributed by atoms with E-state index in [2.05, 4.69) is 22.8 Å². The predicted octanol–water partition coefficient (Wildman–Crippen LogP) is 3.74. The molecule has 0 saturated heterocycles. The summed E-state index contributed by atoms with van der Waals surface area (Å²) in [5, 5.41) is 9.90. The van der Waals surface area contributed by atoms with Crippen LogP contribution in [-0.2, 0) is 17.6 Å². The Bertz CT molecular complexity index is 972. The summed E-state index contributed by atoms with van der Waals surface area (Å²) >= 11 is 1.49. The van der Waals surface area contributed by atoms with E-state index in [0.717, 1.165) is 28.8 Å². The van der Waals surface area contributed by atoms with E-state index in [-0.39, 0.29) is 12.3 Å². The van der Waals surface area contributed by atoms with Crippen molar-refractivity contribution in [1.29, 1.82) is 0 Å². The number of aryl methyl sites for hydroxylation is 2. The largest absolute Gasteiger partial charge is 0.352 e. The first kappa shape index (κ1) is 16.6. The Morgan fingerprint density at radius 2 is 1.88 bits per heavy atom. The molecule has 0 fully saturated rings. The zero-order valence-corrected chi connectivity index (χ0v) is 14.9. The lowest BCUT2D eigenvalue weighted by Crippen LogP contribution is -2.34. The second kappa shape index (κ2) is 6.80. The first-order chi connectivity index (χ1) is 12.6. The quantitative estimate of drug-likeness (QED) is 0.643. The van der Waals surface area contributed by atoms with Crippen molar-refractivity contribution in [2.75, 3.05) is 5.32 Å². The topological polar surface area (TPSA) is 84.2 Å². The lowest BCUT2D eigenvalue weighted by Gasteiger charge is -2.17. The molecule has 0 aliphatic heterocycles. The molecule has 0 radical (unpaired) electrons. The molecule has 132 valence electrons. The summed E-state index contributed by atoms with van der Waals surface area (Å²) < 4.78 is 0. The van der Waals surface area contributed by atoms with Crippen LogP contribution in [0, 0.1) is 0 Å². The average Bonchev–Trinajstić information content (AvgIpc) is 3.27. The molecule has 1 aliphatic rings. The molecule has 0 bridgehead atoms. The molecular formula is C20H19N3O2S. The molecule has 6 heteroatoms. The molecule has 0 spiro atoms. The highest BCUT2D eigenvalue weighted by Crippen LogP contribution is 2.35. The summed E-state index contributed by atoms with van der Waals surface area (Å²) in [7, 11) is 0. The Morgan fingerprint density at radius 1 is 1.08 bits per heavy atom. The lowest BCUT2D eigenvalue weighted by atomic mass is 10.0. The number of primary amides is 1. The van der Waals surface area contributed by atoms with E-state index in [1.165, 1.54) is 27.8 Å². The van der Waals surface area contributed by atoms with Crippen LogP contribution in [0.2, 0.25) is 0 Å². The minimum absolute atomic E-state index is 0.131. The highest BCUT2D eigenvalue weighted by molar-refractivity contribution is 7.10. The fourth-order valence-electron chi connectivity index (χ4n) is 3.63. The molecule has 4 rings (SSSR count). The van der Waals surface area contributed by atoms with Gasteiger partial charge in [-0.05, 0) is 46.9 Å². The molecule has 2 aromatic carbocycles. The van der Waals surface area contributed by atoms with Crippen LogP contribution in [-0.4, -0.2) is 11.9 Å². The van der Waals surface area contributed by atoms with Crippen LogP contribution in [0.3, 0.4) is 0 Å². The van der Waals surface area contributed by atoms with Gasteiger partial charge in [-0.15, -0.1) is 11.3 Å². The fourth-order valence-corrected chi connectivity index (χ4v) is 4.40. The van der Waals surface area contributed by atoms with E-state index < -0.39 is 12.1 Å². The SMILES string of the molecule is NC(=O)NC(CC(=O)Nc1ccc2c3c(cccc13)CC2)c1cccs1. The number of thiophene rings is 1. The van der Waals surface area contributed by atoms with Crippen LogP contribution in [0.1, 0.15) is 28.5 Å². The summed E-state index contributed by atoms with van der Waals surface area (Å²) in [4.78, 5) is 24.8. The number of carbonyl (C=O) groups is 2. The fraction of sp³-hybridized carbons (Fsp3) is 0.200. The summed E-state index contributed by atoms with van der Waals surface area (Å²) in [5.74, 6) is -0.157. The van der Waals surface area contributed by atoms with Gasteiger partial charge in [-0.2, -0.15) is 0 Å². The van der Waals surface area contributed by atoms with E-state index in [0.29, 0.717) is 0 Å². The van der Waals surface area contributed by atoms with Crippen molar-refractivity contribution >= 4 is 39.7 Å². The zero-order valence-electron chi connectivity index (χ0n) is 14.1. The van der Waals surface area contributed by atoms with Gasteiger partial charge in [0.05, 0.1) is 12.5 Å². The van der Waals surface area contributed by atoms with Crippen LogP contribution in [0.25, 0.3) is 10.8 Å². The Balaban J connectivity index is 1.57. The van der Waals surface area contributed by atoms with Gasteiger partial charge in [0.15, 0.2) is 0 Å². The minimum Gasteiger partial charge on any atom is -0.352 e. The summed E-state index contributed by atoms with van der Waals surface area (Å²) in [6.07, 6.45) is 2.23. The number of benzene rings is 2. The van der Waals surface area contributed by atoms with Crippen molar-refractivity contribution in [1.82, 2.24) is 5.32 Å². The normalized spacial score (nSPS) is 13.5. The summed E-state index contributed by atoms with van der Waals surface area (Å²) in [6.45, 7) is 0. The number of carbonyl (C=O) groups excluding carboxylic acids is 2. The van der Waals surface area contributed by atoms with Crippen LogP contribution < -0.4 is 16.4 Å². The number of anilines is 1. The molecule has 1 heterocycles. The maximum atomic E-state index is 12.6. The van der Waals surface area contributed by atoms with Gasteiger partial charge in [-0.25, -0.2) is 4.79 Å². The minimum atomic E-state index is -0.637. The number of rotatable bonds is 5. The summed E-state index contributed by atoms with van der Waals surface area (Å²) in [5.41, 5.74) is 8.74. The van der Waals surface area contributed by atoms with Crippen LogP contribution in [0.5, 0.6) is 0 Å². The maximum Gasteiger partial charge on any atom is 0.312 e. The number of urea groups is 1. The summed E-state index contributed by atoms with van der Waals surface area (Å²) in [6, 6.07) is 13.0. The van der Waals surface area contributed by atoms with Crippen molar-refractivity contribution in [2.24, 2.45) is 5.73 Å². The molecule has 1 aromatic heterocycles. The van der Waals surface area contributed by atoms with Gasteiger partial charge in [0.25, 0.3) is 0 Å². The van der Waals surface area contributed by atoms with E-state index >= 15 is 0 Å². The highest BCUT2D eigenvalue weighted by atomic mass is 32.1. The van der Waals surface area contributed by atoms with Crippen LogP contribution >= 0.6 is 11.3 Å². The van der Waals surface area contributed by atoms with E-state index in [9.17, 15) is 9.59 Å². The van der Waals surface area contributed by atoms with E-state index in [1.807, 2.05) is 35.7 Å². The number of hydrogen-bond acceptors (Lipinski definition) is 3. The van der Waals surface area contributed by atoms with Crippen molar-refractivity contribution in [2.45, 2.75) is 25.3 Å². The second-order valence-corrected chi connectivity index (χ2v) is 7.42. The monoisotopic (exact) mass is 365 g/mol. The van der Waals surface area contributed by atoms with Gasteiger partial charge in [0.2, 0.25) is 5.91 Å². The van der Waals surface area contributed by atoms with Gasteiger partial charge in [-0.3, -0.25) is 4.79 Å². The molecule has 3 amide bonds. The molecule has 0 saturated carbocycles. The third-order valence-corrected chi connectivity index (χ3v) is 5.73. The Morgan fingerprint density at radius 3 is 2.62 bits per heavy atom. The first-order valence-electron chi connectivity index (χ1n) is 8.54. The Labute approximate surface area is 155 Å². The standard InChI is InChI=1S/C20H19N3O2S/c21-20(25)23-16(17-5-2-10-26-17)11-18(24)22-15-9-8-13-7-6-12-3-1-4-14(15)19(12)13/h1-5,8-10,16H,6-7,11H2,(H,22,24)(H3,21,23,25). The molecule has 5 nitrogen and oxygen atoms in total. The molecule has 1 aliphatic carbocycles. The highest BCUT2D eigenvalue weighted by Gasteiger charge is 2.20. The third kappa shape index (κ3) is 3.15.